The number of aryl methyl sites for hydroxylation is 2. The van der Waals surface area contributed by atoms with Gasteiger partial charge in [-0.05, 0) is 43.9 Å². The lowest BCUT2D eigenvalue weighted by molar-refractivity contribution is -0.118. The van der Waals surface area contributed by atoms with Crippen LogP contribution in [-0.2, 0) is 16.0 Å². The molecule has 1 amide bonds. The number of thiazole rings is 1. The Labute approximate surface area is 163 Å². The second-order valence-electron chi connectivity index (χ2n) is 7.22. The first kappa shape index (κ1) is 18.1. The predicted molar refractivity (Wildman–Crippen MR) is 111 cm³/mol. The van der Waals surface area contributed by atoms with Crippen LogP contribution < -0.4 is 4.90 Å². The van der Waals surface area contributed by atoms with Gasteiger partial charge in [0.2, 0.25) is 5.91 Å². The van der Waals surface area contributed by atoms with Crippen LogP contribution in [0.4, 0.5) is 5.13 Å². The minimum absolute atomic E-state index is 0.0751. The molecule has 0 saturated carbocycles. The summed E-state index contributed by atoms with van der Waals surface area (Å²) < 4.78 is 6.92. The number of aromatic nitrogens is 1. The highest BCUT2D eigenvalue weighted by molar-refractivity contribution is 7.22. The molecule has 1 unspecified atom stereocenters. The quantitative estimate of drug-likeness (QED) is 0.646. The first-order chi connectivity index (χ1) is 13.1. The Bertz CT molecular complexity index is 943. The molecule has 0 aliphatic carbocycles. The van der Waals surface area contributed by atoms with E-state index in [-0.39, 0.29) is 12.0 Å². The molecular formula is C22H24N2O2S. The highest BCUT2D eigenvalue weighted by Crippen LogP contribution is 2.31. The van der Waals surface area contributed by atoms with Gasteiger partial charge < -0.3 is 4.74 Å². The van der Waals surface area contributed by atoms with Crippen molar-refractivity contribution in [2.75, 3.05) is 18.1 Å². The number of hydrogen-bond acceptors (Lipinski definition) is 4. The molecule has 1 saturated heterocycles. The summed E-state index contributed by atoms with van der Waals surface area (Å²) in [6, 6.07) is 14.3. The molecule has 0 bridgehead atoms. The number of fused-ring (bicyclic) bond motifs is 1. The number of hydrogen-bond donors (Lipinski definition) is 0. The van der Waals surface area contributed by atoms with Gasteiger partial charge in [-0.3, -0.25) is 9.69 Å². The van der Waals surface area contributed by atoms with E-state index in [9.17, 15) is 4.79 Å². The summed E-state index contributed by atoms with van der Waals surface area (Å²) in [5.74, 6) is 0.0751. The van der Waals surface area contributed by atoms with Crippen molar-refractivity contribution in [2.24, 2.45) is 0 Å². The number of nitrogens with zero attached hydrogens (tertiary/aromatic N) is 2. The summed E-state index contributed by atoms with van der Waals surface area (Å²) in [5, 5.41) is 0.770. The van der Waals surface area contributed by atoms with Crippen LogP contribution in [0.1, 0.15) is 29.5 Å². The van der Waals surface area contributed by atoms with Crippen molar-refractivity contribution in [1.82, 2.24) is 4.98 Å². The zero-order valence-electron chi connectivity index (χ0n) is 15.8. The molecule has 0 spiro atoms. The maximum Gasteiger partial charge on any atom is 0.233 e. The second-order valence-corrected chi connectivity index (χ2v) is 8.23. The summed E-state index contributed by atoms with van der Waals surface area (Å²) >= 11 is 1.58. The molecule has 5 heteroatoms. The fraction of sp³-hybridized carbons (Fsp3) is 0.364. The molecule has 1 fully saturated rings. The molecule has 4 nitrogen and oxygen atoms in total. The van der Waals surface area contributed by atoms with Crippen LogP contribution in [0.2, 0.25) is 0 Å². The lowest BCUT2D eigenvalue weighted by Crippen LogP contribution is -2.38. The molecule has 1 aromatic heterocycles. The number of anilines is 1. The number of carbonyl (C=O) groups excluding carboxylic acids is 1. The van der Waals surface area contributed by atoms with Crippen LogP contribution in [-0.4, -0.2) is 30.1 Å². The molecule has 3 aromatic rings. The van der Waals surface area contributed by atoms with Crippen molar-refractivity contribution < 1.29 is 9.53 Å². The van der Waals surface area contributed by atoms with Gasteiger partial charge in [-0.1, -0.05) is 53.3 Å². The van der Waals surface area contributed by atoms with E-state index in [0.717, 1.165) is 45.9 Å². The van der Waals surface area contributed by atoms with E-state index in [2.05, 4.69) is 26.0 Å². The number of rotatable bonds is 5. The van der Waals surface area contributed by atoms with E-state index >= 15 is 0 Å². The zero-order chi connectivity index (χ0) is 18.8. The molecule has 140 valence electrons. The van der Waals surface area contributed by atoms with Crippen LogP contribution >= 0.6 is 11.3 Å². The summed E-state index contributed by atoms with van der Waals surface area (Å²) in [7, 11) is 0. The number of carbonyl (C=O) groups is 1. The Kier molecular flexibility index (Phi) is 5.23. The molecule has 27 heavy (non-hydrogen) atoms. The number of ether oxygens (including phenoxy) is 1. The molecule has 2 aromatic carbocycles. The van der Waals surface area contributed by atoms with E-state index in [4.69, 9.17) is 9.72 Å². The Morgan fingerprint density at radius 2 is 2.04 bits per heavy atom. The molecule has 0 radical (unpaired) electrons. The molecule has 1 aliphatic heterocycles. The largest absolute Gasteiger partial charge is 0.376 e. The van der Waals surface area contributed by atoms with Gasteiger partial charge in [-0.15, -0.1) is 0 Å². The van der Waals surface area contributed by atoms with Crippen molar-refractivity contribution in [2.45, 2.75) is 39.2 Å². The summed E-state index contributed by atoms with van der Waals surface area (Å²) in [5.41, 5.74) is 4.35. The smallest absolute Gasteiger partial charge is 0.233 e. The van der Waals surface area contributed by atoms with Gasteiger partial charge in [-0.25, -0.2) is 4.98 Å². The van der Waals surface area contributed by atoms with Gasteiger partial charge in [0.1, 0.15) is 0 Å². The first-order valence-corrected chi connectivity index (χ1v) is 10.3. The van der Waals surface area contributed by atoms with E-state index in [1.807, 2.05) is 35.2 Å². The number of amides is 1. The average molecular weight is 381 g/mol. The Morgan fingerprint density at radius 1 is 1.22 bits per heavy atom. The lowest BCUT2D eigenvalue weighted by atomic mass is 10.1. The monoisotopic (exact) mass is 380 g/mol. The lowest BCUT2D eigenvalue weighted by Gasteiger charge is -2.23. The van der Waals surface area contributed by atoms with Crippen molar-refractivity contribution >= 4 is 32.6 Å². The van der Waals surface area contributed by atoms with Gasteiger partial charge in [0.15, 0.2) is 5.13 Å². The van der Waals surface area contributed by atoms with E-state index in [0.29, 0.717) is 13.0 Å². The van der Waals surface area contributed by atoms with Crippen LogP contribution in [0.3, 0.4) is 0 Å². The van der Waals surface area contributed by atoms with Gasteiger partial charge in [0.05, 0.1) is 29.3 Å². The van der Waals surface area contributed by atoms with E-state index < -0.39 is 0 Å². The van der Waals surface area contributed by atoms with Crippen molar-refractivity contribution in [3.8, 4) is 0 Å². The first-order valence-electron chi connectivity index (χ1n) is 9.44. The molecule has 1 aliphatic rings. The third kappa shape index (κ3) is 4.04. The van der Waals surface area contributed by atoms with Crippen molar-refractivity contribution in [1.29, 1.82) is 0 Å². The average Bonchev–Trinajstić information content (AvgIpc) is 3.31. The summed E-state index contributed by atoms with van der Waals surface area (Å²) in [4.78, 5) is 19.8. The van der Waals surface area contributed by atoms with E-state index in [1.54, 1.807) is 11.3 Å². The molecular weight excluding hydrogens is 356 g/mol. The minimum Gasteiger partial charge on any atom is -0.376 e. The third-order valence-electron chi connectivity index (χ3n) is 5.03. The van der Waals surface area contributed by atoms with Crippen LogP contribution in [0.5, 0.6) is 0 Å². The Morgan fingerprint density at radius 3 is 2.74 bits per heavy atom. The van der Waals surface area contributed by atoms with Gasteiger partial charge in [0, 0.05) is 6.61 Å². The maximum atomic E-state index is 13.2. The summed E-state index contributed by atoms with van der Waals surface area (Å²) in [6.45, 7) is 5.47. The maximum absolute atomic E-state index is 13.2. The normalized spacial score (nSPS) is 16.7. The Balaban J connectivity index is 1.63. The fourth-order valence-electron chi connectivity index (χ4n) is 3.44. The van der Waals surface area contributed by atoms with Crippen molar-refractivity contribution in [3.63, 3.8) is 0 Å². The predicted octanol–water partition coefficient (Wildman–Crippen LogP) is 4.67. The number of para-hydroxylation sites is 1. The summed E-state index contributed by atoms with van der Waals surface area (Å²) in [6.07, 6.45) is 2.53. The van der Waals surface area contributed by atoms with Crippen LogP contribution in [0, 0.1) is 13.8 Å². The molecule has 2 heterocycles. The molecule has 4 rings (SSSR count). The van der Waals surface area contributed by atoms with Gasteiger partial charge in [-0.2, -0.15) is 0 Å². The number of benzene rings is 2. The van der Waals surface area contributed by atoms with Gasteiger partial charge in [0.25, 0.3) is 0 Å². The third-order valence-corrected chi connectivity index (χ3v) is 6.07. The van der Waals surface area contributed by atoms with Crippen LogP contribution in [0.25, 0.3) is 10.2 Å². The minimum atomic E-state index is 0.0751. The fourth-order valence-corrected chi connectivity index (χ4v) is 4.51. The van der Waals surface area contributed by atoms with Gasteiger partial charge >= 0.3 is 0 Å². The molecule has 1 atom stereocenters. The van der Waals surface area contributed by atoms with Crippen LogP contribution in [0.15, 0.2) is 42.5 Å². The highest BCUT2D eigenvalue weighted by Gasteiger charge is 2.26. The van der Waals surface area contributed by atoms with E-state index in [1.165, 1.54) is 5.56 Å². The highest BCUT2D eigenvalue weighted by atomic mass is 32.1. The molecule has 0 N–H and O–H groups in total. The standard InChI is InChI=1S/C22H24N2O2S/c1-15-8-10-17(11-9-15)13-20(25)24(14-18-6-4-12-26-18)22-23-21-16(2)5-3-7-19(21)27-22/h3,5,7-11,18H,4,6,12-14H2,1-2H3. The Hall–Kier alpha value is -2.24. The second kappa shape index (κ2) is 7.79. The van der Waals surface area contributed by atoms with Crippen molar-refractivity contribution in [3.05, 3.63) is 59.2 Å². The topological polar surface area (TPSA) is 42.4 Å². The SMILES string of the molecule is Cc1ccc(CC(=O)N(CC2CCCO2)c2nc3c(C)cccc3s2)cc1. The zero-order valence-corrected chi connectivity index (χ0v) is 16.6.